The molecular formula is C8H12BNO4S. The van der Waals surface area contributed by atoms with Crippen LogP contribution in [0.3, 0.4) is 0 Å². The summed E-state index contributed by atoms with van der Waals surface area (Å²) in [5.41, 5.74) is 0.699. The Kier molecular flexibility index (Phi) is 4.77. The van der Waals surface area contributed by atoms with Crippen LogP contribution in [0.25, 0.3) is 0 Å². The van der Waals surface area contributed by atoms with Crippen LogP contribution in [-0.4, -0.2) is 25.6 Å². The Bertz CT molecular complexity index is 360. The van der Waals surface area contributed by atoms with Crippen LogP contribution in [-0.2, 0) is 10.9 Å². The van der Waals surface area contributed by atoms with E-state index in [1.807, 2.05) is 0 Å². The van der Waals surface area contributed by atoms with Crippen LogP contribution in [0.5, 0.6) is 0 Å². The molecule has 1 aromatic rings. The van der Waals surface area contributed by atoms with Gasteiger partial charge >= 0.3 is 7.12 Å². The van der Waals surface area contributed by atoms with Crippen LogP contribution in [0.4, 0.5) is 0 Å². The Morgan fingerprint density at radius 1 is 1.27 bits per heavy atom. The van der Waals surface area contributed by atoms with E-state index < -0.39 is 24.1 Å². The van der Waals surface area contributed by atoms with E-state index in [0.717, 1.165) is 0 Å². The summed E-state index contributed by atoms with van der Waals surface area (Å²) >= 11 is 0. The summed E-state index contributed by atoms with van der Waals surface area (Å²) in [6.07, 6.45) is -0.0761. The average Bonchev–Trinajstić information content (AvgIpc) is 2.17. The maximum Gasteiger partial charge on any atom is 0.453 e. The molecule has 3 N–H and O–H groups in total. The Morgan fingerprint density at radius 3 is 2.33 bits per heavy atom. The molecule has 0 saturated heterocycles. The largest absolute Gasteiger partial charge is 0.453 e. The maximum absolute atomic E-state index is 10.5. The fraction of sp³-hybridized carbons (Fsp3) is 0.250. The topological polar surface area (TPSA) is 86.6 Å². The van der Waals surface area contributed by atoms with Gasteiger partial charge in [0.05, 0.1) is 0 Å². The van der Waals surface area contributed by atoms with E-state index in [1.165, 1.54) is 0 Å². The molecule has 1 atom stereocenters. The number of rotatable bonds is 5. The van der Waals surface area contributed by atoms with Crippen LogP contribution in [0.1, 0.15) is 11.6 Å². The zero-order valence-corrected chi connectivity index (χ0v) is 8.80. The zero-order chi connectivity index (χ0) is 11.3. The number of nitrogens with one attached hydrogen (secondary N) is 1. The highest BCUT2D eigenvalue weighted by molar-refractivity contribution is 7.70. The molecule has 0 amide bonds. The third kappa shape index (κ3) is 4.43. The number of benzene rings is 1. The van der Waals surface area contributed by atoms with E-state index >= 15 is 0 Å². The molecule has 82 valence electrons. The second-order valence-electron chi connectivity index (χ2n) is 3.07. The average molecular weight is 229 g/mol. The summed E-state index contributed by atoms with van der Waals surface area (Å²) < 4.78 is 23.3. The molecule has 0 saturated carbocycles. The molecule has 7 heteroatoms. The van der Waals surface area contributed by atoms with Crippen molar-refractivity contribution in [3.8, 4) is 0 Å². The third-order valence-corrected chi connectivity index (χ3v) is 2.43. The van der Waals surface area contributed by atoms with E-state index in [0.29, 0.717) is 5.56 Å². The lowest BCUT2D eigenvalue weighted by Crippen LogP contribution is -2.25. The molecule has 0 bridgehead atoms. The highest BCUT2D eigenvalue weighted by Crippen LogP contribution is 2.17. The molecule has 0 aliphatic carbocycles. The summed E-state index contributed by atoms with van der Waals surface area (Å²) in [5.74, 6) is 0. The first-order valence-electron chi connectivity index (χ1n) is 4.41. The van der Waals surface area contributed by atoms with Gasteiger partial charge in [0.25, 0.3) is 0 Å². The Morgan fingerprint density at radius 2 is 1.87 bits per heavy atom. The summed E-state index contributed by atoms with van der Waals surface area (Å²) in [7, 11) is -4.31. The van der Waals surface area contributed by atoms with Crippen molar-refractivity contribution in [2.24, 2.45) is 0 Å². The standard InChI is InChI=1S/C8H12BNO4S/c11-9(12)6-8(10-15(13)14)7-4-2-1-3-5-7/h1-5,8,11-12,15H,6H2,(H,10,13,14). The second-order valence-corrected chi connectivity index (χ2v) is 3.84. The second kappa shape index (κ2) is 5.87. The van der Waals surface area contributed by atoms with Crippen molar-refractivity contribution in [2.45, 2.75) is 12.4 Å². The molecule has 0 aliphatic rings. The molecule has 0 aliphatic heterocycles. The van der Waals surface area contributed by atoms with Crippen molar-refractivity contribution in [1.82, 2.24) is 4.72 Å². The van der Waals surface area contributed by atoms with Crippen LogP contribution >= 0.6 is 0 Å². The number of thiol groups is 1. The Labute approximate surface area is 90.0 Å². The lowest BCUT2D eigenvalue weighted by molar-refractivity contribution is 0.396. The van der Waals surface area contributed by atoms with Crippen LogP contribution < -0.4 is 4.72 Å². The van der Waals surface area contributed by atoms with Crippen LogP contribution in [0, 0.1) is 0 Å². The third-order valence-electron chi connectivity index (χ3n) is 1.91. The molecule has 0 fully saturated rings. The molecular weight excluding hydrogens is 217 g/mol. The van der Waals surface area contributed by atoms with Gasteiger partial charge in [-0.15, -0.1) is 0 Å². The monoisotopic (exact) mass is 229 g/mol. The van der Waals surface area contributed by atoms with Crippen molar-refractivity contribution < 1.29 is 18.5 Å². The predicted molar refractivity (Wildman–Crippen MR) is 57.6 cm³/mol. The van der Waals surface area contributed by atoms with Gasteiger partial charge in [0.15, 0.2) is 0 Å². The molecule has 0 radical (unpaired) electrons. The highest BCUT2D eigenvalue weighted by atomic mass is 32.2. The molecule has 5 nitrogen and oxygen atoms in total. The highest BCUT2D eigenvalue weighted by Gasteiger charge is 2.18. The molecule has 1 unspecified atom stereocenters. The van der Waals surface area contributed by atoms with E-state index in [4.69, 9.17) is 10.0 Å². The predicted octanol–water partition coefficient (Wildman–Crippen LogP) is -0.684. The number of hydrogen-bond donors (Lipinski definition) is 4. The van der Waals surface area contributed by atoms with Gasteiger partial charge in [0.1, 0.15) is 0 Å². The molecule has 0 aromatic heterocycles. The van der Waals surface area contributed by atoms with Gasteiger partial charge in [-0.2, -0.15) is 0 Å². The zero-order valence-electron chi connectivity index (χ0n) is 7.91. The van der Waals surface area contributed by atoms with Gasteiger partial charge in [-0.1, -0.05) is 30.3 Å². The molecule has 0 spiro atoms. The first-order valence-corrected chi connectivity index (χ1v) is 5.59. The van der Waals surface area contributed by atoms with Crippen molar-refractivity contribution in [3.05, 3.63) is 35.9 Å². The van der Waals surface area contributed by atoms with E-state index in [2.05, 4.69) is 4.72 Å². The quantitative estimate of drug-likeness (QED) is 0.398. The van der Waals surface area contributed by atoms with E-state index in [-0.39, 0.29) is 6.32 Å². The van der Waals surface area contributed by atoms with E-state index in [1.54, 1.807) is 30.3 Å². The summed E-state index contributed by atoms with van der Waals surface area (Å²) in [6.45, 7) is 0. The minimum atomic E-state index is -2.77. The minimum Gasteiger partial charge on any atom is -0.427 e. The van der Waals surface area contributed by atoms with Crippen molar-refractivity contribution in [3.63, 3.8) is 0 Å². The van der Waals surface area contributed by atoms with Crippen molar-refractivity contribution in [1.29, 1.82) is 0 Å². The maximum atomic E-state index is 10.5. The van der Waals surface area contributed by atoms with Gasteiger partial charge in [-0.3, -0.25) is 0 Å². The summed E-state index contributed by atoms with van der Waals surface area (Å²) in [5, 5.41) is 17.6. The van der Waals surface area contributed by atoms with Gasteiger partial charge in [0, 0.05) is 12.4 Å². The molecule has 1 aromatic carbocycles. The van der Waals surface area contributed by atoms with Crippen LogP contribution in [0.15, 0.2) is 30.3 Å². The first-order chi connectivity index (χ1) is 7.09. The normalized spacial score (nSPS) is 12.7. The fourth-order valence-corrected chi connectivity index (χ4v) is 1.80. The van der Waals surface area contributed by atoms with Crippen molar-refractivity contribution in [2.75, 3.05) is 0 Å². The first kappa shape index (κ1) is 12.2. The molecule has 0 heterocycles. The van der Waals surface area contributed by atoms with Gasteiger partial charge in [0.2, 0.25) is 10.9 Å². The lowest BCUT2D eigenvalue weighted by atomic mass is 9.80. The van der Waals surface area contributed by atoms with Crippen molar-refractivity contribution >= 4 is 18.0 Å². The SMILES string of the molecule is O=[SH](=O)NC(CB(O)O)c1ccccc1. The smallest absolute Gasteiger partial charge is 0.427 e. The molecule has 1 rings (SSSR count). The number of hydrogen-bond acceptors (Lipinski definition) is 4. The Balaban J connectivity index is 2.81. The molecule has 15 heavy (non-hydrogen) atoms. The minimum absolute atomic E-state index is 0.0761. The van der Waals surface area contributed by atoms with Crippen LogP contribution in [0.2, 0.25) is 6.32 Å². The fourth-order valence-electron chi connectivity index (χ4n) is 1.29. The van der Waals surface area contributed by atoms with Gasteiger partial charge < -0.3 is 10.0 Å². The summed E-state index contributed by atoms with van der Waals surface area (Å²) in [6, 6.07) is 8.15. The Hall–Kier alpha value is -0.885. The van der Waals surface area contributed by atoms with E-state index in [9.17, 15) is 8.42 Å². The summed E-state index contributed by atoms with van der Waals surface area (Å²) in [4.78, 5) is 0. The van der Waals surface area contributed by atoms with Gasteiger partial charge in [-0.05, 0) is 5.56 Å². The van der Waals surface area contributed by atoms with Gasteiger partial charge in [-0.25, -0.2) is 13.1 Å². The lowest BCUT2D eigenvalue weighted by Gasteiger charge is -2.14.